The number of nitrogens with zero attached hydrogens (tertiary/aromatic N) is 2. The number of halogens is 4. The van der Waals surface area contributed by atoms with Gasteiger partial charge in [-0.05, 0) is 44.0 Å². The molecule has 28 heavy (non-hydrogen) atoms. The third-order valence-electron chi connectivity index (χ3n) is 4.13. The lowest BCUT2D eigenvalue weighted by atomic mass is 10.00. The maximum absolute atomic E-state index is 13.4. The second kappa shape index (κ2) is 8.86. The van der Waals surface area contributed by atoms with Crippen LogP contribution in [0.4, 0.5) is 17.6 Å². The molecule has 0 atom stereocenters. The number of oxime groups is 2. The summed E-state index contributed by atoms with van der Waals surface area (Å²) in [6.45, 7) is 5.26. The van der Waals surface area contributed by atoms with Crippen molar-refractivity contribution < 1.29 is 27.2 Å². The monoisotopic (exact) mass is 396 g/mol. The molecular formula is C20H20F4N2O2. The summed E-state index contributed by atoms with van der Waals surface area (Å²) in [5, 5.41) is 7.80. The van der Waals surface area contributed by atoms with Crippen molar-refractivity contribution in [3.8, 4) is 0 Å². The summed E-state index contributed by atoms with van der Waals surface area (Å²) in [5.41, 5.74) is 2.21. The predicted molar refractivity (Wildman–Crippen MR) is 98.8 cm³/mol. The van der Waals surface area contributed by atoms with Gasteiger partial charge >= 0.3 is 6.18 Å². The second-order valence-electron chi connectivity index (χ2n) is 6.10. The van der Waals surface area contributed by atoms with Gasteiger partial charge in [-0.2, -0.15) is 13.2 Å². The van der Waals surface area contributed by atoms with Crippen LogP contribution in [0.2, 0.25) is 0 Å². The second-order valence-corrected chi connectivity index (χ2v) is 6.10. The van der Waals surface area contributed by atoms with E-state index >= 15 is 0 Å². The van der Waals surface area contributed by atoms with Gasteiger partial charge in [0.25, 0.3) is 0 Å². The molecule has 0 N–H and O–H groups in total. The number of rotatable bonds is 6. The lowest BCUT2D eigenvalue weighted by molar-refractivity contribution is -0.140. The molecule has 2 aromatic rings. The molecule has 0 saturated heterocycles. The van der Waals surface area contributed by atoms with Crippen LogP contribution in [0.1, 0.15) is 41.7 Å². The van der Waals surface area contributed by atoms with E-state index in [2.05, 4.69) is 10.3 Å². The van der Waals surface area contributed by atoms with Gasteiger partial charge in [0.1, 0.15) is 19.5 Å². The molecule has 8 heteroatoms. The Morgan fingerprint density at radius 3 is 2.39 bits per heavy atom. The highest BCUT2D eigenvalue weighted by Crippen LogP contribution is 2.32. The fraction of sp³-hybridized carbons (Fsp3) is 0.300. The van der Waals surface area contributed by atoms with Gasteiger partial charge in [0.15, 0.2) is 0 Å². The van der Waals surface area contributed by atoms with Gasteiger partial charge in [-0.1, -0.05) is 34.6 Å². The lowest BCUT2D eigenvalue weighted by Crippen LogP contribution is -2.10. The Bertz CT molecular complexity index is 906. The number of hydrogen-bond acceptors (Lipinski definition) is 4. The van der Waals surface area contributed by atoms with E-state index in [-0.39, 0.29) is 17.9 Å². The first kappa shape index (κ1) is 21.4. The first-order chi connectivity index (χ1) is 13.1. The molecule has 0 heterocycles. The van der Waals surface area contributed by atoms with Crippen molar-refractivity contribution >= 4 is 11.4 Å². The summed E-state index contributed by atoms with van der Waals surface area (Å²) < 4.78 is 52.0. The molecule has 0 spiro atoms. The summed E-state index contributed by atoms with van der Waals surface area (Å²) in [6, 6.07) is 8.33. The molecular weight excluding hydrogens is 376 g/mol. The Morgan fingerprint density at radius 1 is 1.04 bits per heavy atom. The topological polar surface area (TPSA) is 43.2 Å². The first-order valence-electron chi connectivity index (χ1n) is 8.35. The summed E-state index contributed by atoms with van der Waals surface area (Å²) in [5.74, 6) is -1.33. The molecule has 0 aromatic heterocycles. The quantitative estimate of drug-likeness (QED) is 0.369. The predicted octanol–water partition coefficient (Wildman–Crippen LogP) is 5.46. The van der Waals surface area contributed by atoms with Crippen LogP contribution in [0.3, 0.4) is 0 Å². The van der Waals surface area contributed by atoms with Gasteiger partial charge in [-0.3, -0.25) is 0 Å². The zero-order chi connectivity index (χ0) is 20.9. The molecule has 0 saturated carbocycles. The van der Waals surface area contributed by atoms with E-state index in [1.165, 1.54) is 20.1 Å². The van der Waals surface area contributed by atoms with Gasteiger partial charge in [0.2, 0.25) is 0 Å². The molecule has 150 valence electrons. The van der Waals surface area contributed by atoms with Crippen LogP contribution in [-0.4, -0.2) is 18.5 Å². The SMILES string of the molecule is CO/N=C(/C)c1cccc(C)c1CO/N=C(\C)c1ccc(F)c(C(F)(F)F)c1. The van der Waals surface area contributed by atoms with Crippen LogP contribution in [-0.2, 0) is 22.5 Å². The first-order valence-corrected chi connectivity index (χ1v) is 8.35. The minimum atomic E-state index is -4.78. The van der Waals surface area contributed by atoms with E-state index in [9.17, 15) is 17.6 Å². The molecule has 0 fully saturated rings. The molecule has 2 rings (SSSR count). The van der Waals surface area contributed by atoms with Crippen LogP contribution in [0.5, 0.6) is 0 Å². The standard InChI is InChI=1S/C20H20F4N2O2/c1-12-6-5-7-16(14(3)25-27-4)17(12)11-28-26-13(2)15-8-9-19(21)18(10-15)20(22,23)24/h5-10H,11H2,1-4H3/b25-14-,26-13+. The summed E-state index contributed by atoms with van der Waals surface area (Å²) in [4.78, 5) is 10.2. The van der Waals surface area contributed by atoms with Crippen molar-refractivity contribution in [3.05, 3.63) is 70.0 Å². The maximum Gasteiger partial charge on any atom is 0.419 e. The van der Waals surface area contributed by atoms with Gasteiger partial charge in [-0.25, -0.2) is 4.39 Å². The molecule has 0 bridgehead atoms. The summed E-state index contributed by atoms with van der Waals surface area (Å²) in [6.07, 6.45) is -4.78. The number of hydrogen-bond donors (Lipinski definition) is 0. The lowest BCUT2D eigenvalue weighted by Gasteiger charge is -2.12. The average Bonchev–Trinajstić information content (AvgIpc) is 2.62. The number of alkyl halides is 3. The van der Waals surface area contributed by atoms with Crippen molar-refractivity contribution in [1.29, 1.82) is 0 Å². The molecule has 0 aliphatic heterocycles. The summed E-state index contributed by atoms with van der Waals surface area (Å²) >= 11 is 0. The Kier molecular flexibility index (Phi) is 6.77. The number of aryl methyl sites for hydroxylation is 1. The van der Waals surface area contributed by atoms with Crippen molar-refractivity contribution in [3.63, 3.8) is 0 Å². The minimum Gasteiger partial charge on any atom is -0.399 e. The van der Waals surface area contributed by atoms with Gasteiger partial charge in [0.05, 0.1) is 17.0 Å². The zero-order valence-electron chi connectivity index (χ0n) is 15.9. The maximum atomic E-state index is 13.4. The highest BCUT2D eigenvalue weighted by molar-refractivity contribution is 6.00. The Labute approximate surface area is 160 Å². The van der Waals surface area contributed by atoms with Crippen molar-refractivity contribution in [1.82, 2.24) is 0 Å². The molecule has 0 aliphatic carbocycles. The van der Waals surface area contributed by atoms with E-state index in [0.717, 1.165) is 22.8 Å². The molecule has 0 unspecified atom stereocenters. The van der Waals surface area contributed by atoms with Crippen LogP contribution >= 0.6 is 0 Å². The fourth-order valence-corrected chi connectivity index (χ4v) is 2.63. The van der Waals surface area contributed by atoms with E-state index in [1.807, 2.05) is 25.1 Å². The molecule has 0 amide bonds. The van der Waals surface area contributed by atoms with E-state index in [1.54, 1.807) is 6.92 Å². The van der Waals surface area contributed by atoms with Crippen molar-refractivity contribution in [2.45, 2.75) is 33.6 Å². The Morgan fingerprint density at radius 2 is 1.75 bits per heavy atom. The molecule has 0 aliphatic rings. The zero-order valence-corrected chi connectivity index (χ0v) is 15.9. The highest BCUT2D eigenvalue weighted by atomic mass is 19.4. The van der Waals surface area contributed by atoms with E-state index in [0.29, 0.717) is 11.8 Å². The van der Waals surface area contributed by atoms with Crippen LogP contribution < -0.4 is 0 Å². The third kappa shape index (κ3) is 5.09. The minimum absolute atomic E-state index is 0.0866. The average molecular weight is 396 g/mol. The molecule has 4 nitrogen and oxygen atoms in total. The van der Waals surface area contributed by atoms with Crippen LogP contribution in [0.25, 0.3) is 0 Å². The van der Waals surface area contributed by atoms with Crippen LogP contribution in [0.15, 0.2) is 46.7 Å². The highest BCUT2D eigenvalue weighted by Gasteiger charge is 2.34. The fourth-order valence-electron chi connectivity index (χ4n) is 2.63. The third-order valence-corrected chi connectivity index (χ3v) is 4.13. The molecule has 2 aromatic carbocycles. The van der Waals surface area contributed by atoms with E-state index in [4.69, 9.17) is 9.68 Å². The molecule has 0 radical (unpaired) electrons. The Balaban J connectivity index is 2.23. The smallest absolute Gasteiger partial charge is 0.399 e. The van der Waals surface area contributed by atoms with Crippen molar-refractivity contribution in [2.75, 3.05) is 7.11 Å². The summed E-state index contributed by atoms with van der Waals surface area (Å²) in [7, 11) is 1.45. The van der Waals surface area contributed by atoms with Gasteiger partial charge in [-0.15, -0.1) is 0 Å². The Hall–Kier alpha value is -2.90. The van der Waals surface area contributed by atoms with Gasteiger partial charge < -0.3 is 9.68 Å². The number of benzene rings is 2. The normalized spacial score (nSPS) is 12.9. The van der Waals surface area contributed by atoms with Crippen molar-refractivity contribution in [2.24, 2.45) is 10.3 Å². The van der Waals surface area contributed by atoms with E-state index < -0.39 is 17.6 Å². The van der Waals surface area contributed by atoms with Crippen LogP contribution in [0, 0.1) is 12.7 Å². The van der Waals surface area contributed by atoms with Gasteiger partial charge in [0, 0.05) is 11.1 Å². The largest absolute Gasteiger partial charge is 0.419 e.